The largest absolute Gasteiger partial charge is 0.389 e. The van der Waals surface area contributed by atoms with Crippen LogP contribution in [0.4, 0.5) is 0 Å². The highest BCUT2D eigenvalue weighted by Crippen LogP contribution is 2.13. The Morgan fingerprint density at radius 2 is 2.35 bits per heavy atom. The fourth-order valence-corrected chi connectivity index (χ4v) is 1.65. The van der Waals surface area contributed by atoms with Gasteiger partial charge in [-0.1, -0.05) is 0 Å². The normalized spacial score (nSPS) is 12.1. The summed E-state index contributed by atoms with van der Waals surface area (Å²) in [4.78, 5) is 3.92. The van der Waals surface area contributed by atoms with Crippen molar-refractivity contribution >= 4 is 0 Å². The van der Waals surface area contributed by atoms with Gasteiger partial charge in [0, 0.05) is 25.1 Å². The molecule has 0 radical (unpaired) electrons. The molecule has 2 heterocycles. The molecular weight excluding hydrogens is 214 g/mol. The van der Waals surface area contributed by atoms with E-state index in [0.29, 0.717) is 12.2 Å². The van der Waals surface area contributed by atoms with Crippen LogP contribution < -0.4 is 0 Å². The van der Waals surface area contributed by atoms with Crippen LogP contribution in [0.2, 0.25) is 0 Å². The molecule has 0 amide bonds. The summed E-state index contributed by atoms with van der Waals surface area (Å²) in [6.07, 6.45) is 4.99. The summed E-state index contributed by atoms with van der Waals surface area (Å²) in [5.74, 6) is 0. The van der Waals surface area contributed by atoms with Crippen LogP contribution in [0.3, 0.4) is 0 Å². The van der Waals surface area contributed by atoms with Crippen LogP contribution in [0.25, 0.3) is 0 Å². The fourth-order valence-electron chi connectivity index (χ4n) is 1.65. The van der Waals surface area contributed by atoms with Crippen LogP contribution in [0.5, 0.6) is 0 Å². The van der Waals surface area contributed by atoms with E-state index in [1.54, 1.807) is 19.2 Å². The zero-order valence-electron chi connectivity index (χ0n) is 9.54. The molecule has 4 nitrogen and oxygen atoms in total. The van der Waals surface area contributed by atoms with Crippen molar-refractivity contribution in [3.05, 3.63) is 53.6 Å². The van der Waals surface area contributed by atoms with E-state index in [-0.39, 0.29) is 0 Å². The molecule has 2 aromatic rings. The van der Waals surface area contributed by atoms with Crippen molar-refractivity contribution in [2.45, 2.75) is 19.6 Å². The third kappa shape index (κ3) is 2.71. The molecule has 2 rings (SSSR count). The van der Waals surface area contributed by atoms with Crippen LogP contribution in [-0.2, 0) is 6.54 Å². The Hall–Kier alpha value is -2.12. The summed E-state index contributed by atoms with van der Waals surface area (Å²) in [5, 5.41) is 18.2. The molecule has 0 saturated heterocycles. The number of hydrogen-bond acceptors (Lipinski definition) is 3. The predicted octanol–water partition coefficient (Wildman–Crippen LogP) is 1.86. The second-order valence-corrected chi connectivity index (χ2v) is 3.95. The van der Waals surface area contributed by atoms with Crippen LogP contribution in [0.15, 0.2) is 36.8 Å². The first-order valence-electron chi connectivity index (χ1n) is 5.38. The lowest BCUT2D eigenvalue weighted by Crippen LogP contribution is -1.98. The highest BCUT2D eigenvalue weighted by molar-refractivity contribution is 5.26. The molecule has 0 bridgehead atoms. The monoisotopic (exact) mass is 227 g/mol. The quantitative estimate of drug-likeness (QED) is 0.870. The number of pyridine rings is 1. The second kappa shape index (κ2) is 4.81. The van der Waals surface area contributed by atoms with E-state index < -0.39 is 6.10 Å². The minimum Gasteiger partial charge on any atom is -0.389 e. The number of aliphatic hydroxyl groups is 1. The number of rotatable bonds is 3. The van der Waals surface area contributed by atoms with Crippen LogP contribution >= 0.6 is 0 Å². The SMILES string of the molecule is CC(O)c1ccn(Cc2ccnc(C#N)c2)c1. The maximum atomic E-state index is 9.42. The molecule has 0 aliphatic rings. The molecule has 0 spiro atoms. The minimum absolute atomic E-state index is 0.422. The summed E-state index contributed by atoms with van der Waals surface area (Å²) in [7, 11) is 0. The van der Waals surface area contributed by atoms with Crippen LogP contribution in [-0.4, -0.2) is 14.7 Å². The average Bonchev–Trinajstić information content (AvgIpc) is 2.78. The lowest BCUT2D eigenvalue weighted by atomic mass is 10.2. The van der Waals surface area contributed by atoms with Gasteiger partial charge in [0.15, 0.2) is 0 Å². The van der Waals surface area contributed by atoms with E-state index in [2.05, 4.69) is 4.98 Å². The maximum Gasteiger partial charge on any atom is 0.140 e. The minimum atomic E-state index is -0.455. The maximum absolute atomic E-state index is 9.42. The van der Waals surface area contributed by atoms with E-state index in [9.17, 15) is 5.11 Å². The first-order chi connectivity index (χ1) is 8.19. The molecule has 1 N–H and O–H groups in total. The Balaban J connectivity index is 2.17. The van der Waals surface area contributed by atoms with Crippen molar-refractivity contribution in [1.82, 2.24) is 9.55 Å². The molecule has 86 valence electrons. The van der Waals surface area contributed by atoms with Crippen molar-refractivity contribution in [2.24, 2.45) is 0 Å². The van der Waals surface area contributed by atoms with Crippen molar-refractivity contribution in [3.8, 4) is 6.07 Å². The van der Waals surface area contributed by atoms with Gasteiger partial charge in [-0.2, -0.15) is 5.26 Å². The lowest BCUT2D eigenvalue weighted by Gasteiger charge is -2.03. The number of aromatic nitrogens is 2. The van der Waals surface area contributed by atoms with Gasteiger partial charge in [-0.05, 0) is 36.2 Å². The molecule has 0 aliphatic carbocycles. The molecule has 2 aromatic heterocycles. The van der Waals surface area contributed by atoms with Crippen molar-refractivity contribution in [2.75, 3.05) is 0 Å². The zero-order valence-corrected chi connectivity index (χ0v) is 9.54. The Bertz CT molecular complexity index is 552. The first kappa shape index (κ1) is 11.4. The van der Waals surface area contributed by atoms with Gasteiger partial charge in [0.1, 0.15) is 11.8 Å². The number of hydrogen-bond donors (Lipinski definition) is 1. The average molecular weight is 227 g/mol. The van der Waals surface area contributed by atoms with E-state index in [1.807, 2.05) is 35.2 Å². The molecule has 0 aliphatic heterocycles. The molecule has 17 heavy (non-hydrogen) atoms. The molecule has 0 aromatic carbocycles. The third-order valence-electron chi connectivity index (χ3n) is 2.56. The zero-order chi connectivity index (χ0) is 12.3. The summed E-state index contributed by atoms with van der Waals surface area (Å²) in [6.45, 7) is 2.41. The van der Waals surface area contributed by atoms with Crippen molar-refractivity contribution in [1.29, 1.82) is 5.26 Å². The number of aliphatic hydroxyl groups excluding tert-OH is 1. The van der Waals surface area contributed by atoms with E-state index >= 15 is 0 Å². The lowest BCUT2D eigenvalue weighted by molar-refractivity contribution is 0.199. The standard InChI is InChI=1S/C13H13N3O/c1-10(17)12-3-5-16(9-12)8-11-2-4-15-13(6-11)7-14/h2-6,9-10,17H,8H2,1H3. The summed E-state index contributed by atoms with van der Waals surface area (Å²) >= 11 is 0. The Labute approximate surface area is 99.8 Å². The van der Waals surface area contributed by atoms with Crippen molar-refractivity contribution < 1.29 is 5.11 Å². The highest BCUT2D eigenvalue weighted by atomic mass is 16.3. The van der Waals surface area contributed by atoms with Gasteiger partial charge < -0.3 is 9.67 Å². The molecule has 0 fully saturated rings. The third-order valence-corrected chi connectivity index (χ3v) is 2.56. The van der Waals surface area contributed by atoms with E-state index in [1.165, 1.54) is 0 Å². The Morgan fingerprint density at radius 1 is 1.53 bits per heavy atom. The Kier molecular flexibility index (Phi) is 3.22. The van der Waals surface area contributed by atoms with Gasteiger partial charge in [0.05, 0.1) is 6.10 Å². The Morgan fingerprint density at radius 3 is 3.00 bits per heavy atom. The molecule has 4 heteroatoms. The van der Waals surface area contributed by atoms with Gasteiger partial charge >= 0.3 is 0 Å². The van der Waals surface area contributed by atoms with Gasteiger partial charge in [0.25, 0.3) is 0 Å². The van der Waals surface area contributed by atoms with Gasteiger partial charge in [-0.25, -0.2) is 4.98 Å². The second-order valence-electron chi connectivity index (χ2n) is 3.95. The molecule has 1 atom stereocenters. The smallest absolute Gasteiger partial charge is 0.140 e. The number of nitriles is 1. The summed E-state index contributed by atoms with van der Waals surface area (Å²) < 4.78 is 1.97. The van der Waals surface area contributed by atoms with Gasteiger partial charge in [-0.15, -0.1) is 0 Å². The number of nitrogens with zero attached hydrogens (tertiary/aromatic N) is 3. The van der Waals surface area contributed by atoms with Gasteiger partial charge in [-0.3, -0.25) is 0 Å². The first-order valence-corrected chi connectivity index (χ1v) is 5.38. The van der Waals surface area contributed by atoms with Crippen molar-refractivity contribution in [3.63, 3.8) is 0 Å². The predicted molar refractivity (Wildman–Crippen MR) is 63.1 cm³/mol. The van der Waals surface area contributed by atoms with Crippen LogP contribution in [0.1, 0.15) is 29.8 Å². The van der Waals surface area contributed by atoms with E-state index in [0.717, 1.165) is 11.1 Å². The fraction of sp³-hybridized carbons (Fsp3) is 0.231. The molecule has 0 saturated carbocycles. The van der Waals surface area contributed by atoms with Crippen LogP contribution in [0, 0.1) is 11.3 Å². The summed E-state index contributed by atoms with van der Waals surface area (Å²) in [6, 6.07) is 7.55. The highest BCUT2D eigenvalue weighted by Gasteiger charge is 2.03. The van der Waals surface area contributed by atoms with Gasteiger partial charge in [0.2, 0.25) is 0 Å². The molecule has 1 unspecified atom stereocenters. The summed E-state index contributed by atoms with van der Waals surface area (Å²) in [5.41, 5.74) is 2.33. The molecular formula is C13H13N3O. The van der Waals surface area contributed by atoms with E-state index in [4.69, 9.17) is 5.26 Å². The topological polar surface area (TPSA) is 61.8 Å².